The van der Waals surface area contributed by atoms with Crippen LogP contribution in [0.15, 0.2) is 36.4 Å². The first kappa shape index (κ1) is 22.8. The van der Waals surface area contributed by atoms with Crippen LogP contribution in [0.5, 0.6) is 11.5 Å². The van der Waals surface area contributed by atoms with Gasteiger partial charge in [-0.15, -0.1) is 5.10 Å². The van der Waals surface area contributed by atoms with Crippen molar-refractivity contribution in [2.75, 3.05) is 19.0 Å². The van der Waals surface area contributed by atoms with Crippen molar-refractivity contribution in [2.24, 2.45) is 0 Å². The summed E-state index contributed by atoms with van der Waals surface area (Å²) in [5, 5.41) is 20.0. The maximum atomic E-state index is 13.1. The predicted molar refractivity (Wildman–Crippen MR) is 122 cm³/mol. The zero-order valence-corrected chi connectivity index (χ0v) is 19.2. The topological polar surface area (TPSA) is 102 Å². The number of nitrogens with zero attached hydrogens (tertiary/aromatic N) is 4. The average molecular weight is 434 g/mol. The molecule has 8 heteroatoms. The number of carbonyl (C=O) groups excluding carboxylic acids is 1. The van der Waals surface area contributed by atoms with Gasteiger partial charge in [-0.3, -0.25) is 4.79 Å². The lowest BCUT2D eigenvalue weighted by Gasteiger charge is -2.21. The molecule has 0 aliphatic heterocycles. The van der Waals surface area contributed by atoms with Crippen molar-refractivity contribution in [1.29, 1.82) is 5.26 Å². The molecule has 1 heterocycles. The summed E-state index contributed by atoms with van der Waals surface area (Å²) in [4.78, 5) is 13.1. The summed E-state index contributed by atoms with van der Waals surface area (Å²) in [5.41, 5.74) is 3.83. The van der Waals surface area contributed by atoms with Crippen molar-refractivity contribution < 1.29 is 14.3 Å². The summed E-state index contributed by atoms with van der Waals surface area (Å²) in [5.74, 6) is 0.618. The molecular weight excluding hydrogens is 406 g/mol. The van der Waals surface area contributed by atoms with Crippen LogP contribution in [0.1, 0.15) is 48.1 Å². The minimum Gasteiger partial charge on any atom is -0.494 e. The van der Waals surface area contributed by atoms with Gasteiger partial charge >= 0.3 is 0 Å². The Labute approximate surface area is 187 Å². The molecule has 1 N–H and O–H groups in total. The van der Waals surface area contributed by atoms with Crippen LogP contribution in [0.4, 0.5) is 5.69 Å². The summed E-state index contributed by atoms with van der Waals surface area (Å²) < 4.78 is 12.5. The Bertz CT molecular complexity index is 1190. The molecule has 32 heavy (non-hydrogen) atoms. The van der Waals surface area contributed by atoms with Crippen LogP contribution in [-0.2, 0) is 5.41 Å². The predicted octanol–water partition coefficient (Wildman–Crippen LogP) is 4.34. The minimum absolute atomic E-state index is 0.125. The molecule has 8 nitrogen and oxygen atoms in total. The Hall–Kier alpha value is -3.86. The number of ether oxygens (including phenoxy) is 2. The molecule has 0 radical (unpaired) electrons. The largest absolute Gasteiger partial charge is 0.494 e. The fourth-order valence-electron chi connectivity index (χ4n) is 3.24. The first-order chi connectivity index (χ1) is 15.2. The molecule has 0 aliphatic rings. The lowest BCUT2D eigenvalue weighted by molar-refractivity contribution is 0.102. The van der Waals surface area contributed by atoms with E-state index in [4.69, 9.17) is 14.7 Å². The molecule has 0 fully saturated rings. The van der Waals surface area contributed by atoms with Gasteiger partial charge in [0.15, 0.2) is 12.3 Å². The second kappa shape index (κ2) is 9.10. The fourth-order valence-corrected chi connectivity index (χ4v) is 3.24. The Morgan fingerprint density at radius 3 is 2.53 bits per heavy atom. The van der Waals surface area contributed by atoms with Gasteiger partial charge < -0.3 is 14.8 Å². The summed E-state index contributed by atoms with van der Waals surface area (Å²) in [6.07, 6.45) is 0. The van der Waals surface area contributed by atoms with Crippen molar-refractivity contribution in [3.63, 3.8) is 0 Å². The number of carbonyl (C=O) groups is 1. The average Bonchev–Trinajstić information content (AvgIpc) is 3.13. The number of nitriles is 1. The first-order valence-electron chi connectivity index (χ1n) is 10.2. The molecule has 0 atom stereocenters. The van der Waals surface area contributed by atoms with Crippen molar-refractivity contribution in [3.05, 3.63) is 58.9 Å². The number of nitrogens with one attached hydrogen (secondary N) is 1. The summed E-state index contributed by atoms with van der Waals surface area (Å²) in [6, 6.07) is 13.2. The SMILES string of the molecule is COc1ccc(C)cc1-n1nnc(C(=O)Nc2cc(C(C)(C)C)ccc2OCC#N)c1C. The molecule has 166 valence electrons. The molecule has 0 saturated heterocycles. The Morgan fingerprint density at radius 2 is 1.88 bits per heavy atom. The van der Waals surface area contributed by atoms with E-state index < -0.39 is 5.91 Å². The molecule has 2 aromatic carbocycles. The van der Waals surface area contributed by atoms with E-state index in [1.54, 1.807) is 24.8 Å². The molecule has 0 bridgehead atoms. The Kier molecular flexibility index (Phi) is 6.49. The number of hydrogen-bond donors (Lipinski definition) is 1. The fraction of sp³-hybridized carbons (Fsp3) is 0.333. The number of aryl methyl sites for hydroxylation is 1. The first-order valence-corrected chi connectivity index (χ1v) is 10.2. The smallest absolute Gasteiger partial charge is 0.278 e. The molecular formula is C24H27N5O3. The number of hydrogen-bond acceptors (Lipinski definition) is 6. The highest BCUT2D eigenvalue weighted by Crippen LogP contribution is 2.32. The van der Waals surface area contributed by atoms with Gasteiger partial charge in [-0.05, 0) is 54.7 Å². The van der Waals surface area contributed by atoms with E-state index in [9.17, 15) is 4.79 Å². The van der Waals surface area contributed by atoms with Gasteiger partial charge in [-0.25, -0.2) is 4.68 Å². The highest BCUT2D eigenvalue weighted by molar-refractivity contribution is 6.04. The van der Waals surface area contributed by atoms with Crippen molar-refractivity contribution >= 4 is 11.6 Å². The number of rotatable bonds is 6. The van der Waals surface area contributed by atoms with E-state index in [0.717, 1.165) is 11.1 Å². The minimum atomic E-state index is -0.423. The third kappa shape index (κ3) is 4.72. The van der Waals surface area contributed by atoms with E-state index in [-0.39, 0.29) is 17.7 Å². The third-order valence-corrected chi connectivity index (χ3v) is 5.06. The lowest BCUT2D eigenvalue weighted by Crippen LogP contribution is -2.17. The molecule has 0 spiro atoms. The second-order valence-electron chi connectivity index (χ2n) is 8.47. The summed E-state index contributed by atoms with van der Waals surface area (Å²) in [7, 11) is 1.58. The van der Waals surface area contributed by atoms with Gasteiger partial charge in [0, 0.05) is 0 Å². The van der Waals surface area contributed by atoms with Gasteiger partial charge in [-0.1, -0.05) is 38.1 Å². The number of amides is 1. The Morgan fingerprint density at radius 1 is 1.16 bits per heavy atom. The van der Waals surface area contributed by atoms with Gasteiger partial charge in [0.2, 0.25) is 0 Å². The van der Waals surface area contributed by atoms with Crippen molar-refractivity contribution in [3.8, 4) is 23.3 Å². The normalized spacial score (nSPS) is 11.0. The van der Waals surface area contributed by atoms with Crippen LogP contribution in [0.3, 0.4) is 0 Å². The number of benzene rings is 2. The maximum Gasteiger partial charge on any atom is 0.278 e. The monoisotopic (exact) mass is 433 g/mol. The maximum absolute atomic E-state index is 13.1. The molecule has 0 saturated carbocycles. The second-order valence-corrected chi connectivity index (χ2v) is 8.47. The third-order valence-electron chi connectivity index (χ3n) is 5.06. The van der Waals surface area contributed by atoms with Crippen LogP contribution < -0.4 is 14.8 Å². The molecule has 0 unspecified atom stereocenters. The highest BCUT2D eigenvalue weighted by atomic mass is 16.5. The molecule has 1 amide bonds. The van der Waals surface area contributed by atoms with E-state index in [0.29, 0.717) is 28.6 Å². The van der Waals surface area contributed by atoms with Crippen LogP contribution in [-0.4, -0.2) is 34.6 Å². The van der Waals surface area contributed by atoms with Crippen LogP contribution in [0.2, 0.25) is 0 Å². The van der Waals surface area contributed by atoms with Gasteiger partial charge in [-0.2, -0.15) is 5.26 Å². The zero-order valence-electron chi connectivity index (χ0n) is 19.2. The summed E-state index contributed by atoms with van der Waals surface area (Å²) >= 11 is 0. The van der Waals surface area contributed by atoms with E-state index in [1.807, 2.05) is 43.3 Å². The molecule has 3 aromatic rings. The van der Waals surface area contributed by atoms with Crippen LogP contribution in [0, 0.1) is 25.2 Å². The quantitative estimate of drug-likeness (QED) is 0.620. The molecule has 0 aliphatic carbocycles. The zero-order chi connectivity index (χ0) is 23.5. The van der Waals surface area contributed by atoms with E-state index in [2.05, 4.69) is 36.4 Å². The number of aromatic nitrogens is 3. The van der Waals surface area contributed by atoms with Gasteiger partial charge in [0.1, 0.15) is 23.3 Å². The van der Waals surface area contributed by atoms with Gasteiger partial charge in [0.25, 0.3) is 5.91 Å². The molecule has 1 aromatic heterocycles. The van der Waals surface area contributed by atoms with Crippen LogP contribution >= 0.6 is 0 Å². The number of methoxy groups -OCH3 is 1. The molecule has 3 rings (SSSR count). The highest BCUT2D eigenvalue weighted by Gasteiger charge is 2.22. The summed E-state index contributed by atoms with van der Waals surface area (Å²) in [6.45, 7) is 9.85. The van der Waals surface area contributed by atoms with E-state index in [1.165, 1.54) is 0 Å². The van der Waals surface area contributed by atoms with Crippen molar-refractivity contribution in [1.82, 2.24) is 15.0 Å². The van der Waals surface area contributed by atoms with Crippen LogP contribution in [0.25, 0.3) is 5.69 Å². The number of anilines is 1. The standard InChI is InChI=1S/C24H27N5O3/c1-15-7-9-21(31-6)19(13-15)29-16(2)22(27-28-29)23(30)26-18-14-17(24(3,4)5)8-10-20(18)32-12-11-25/h7-10,13-14H,12H2,1-6H3,(H,26,30). The van der Waals surface area contributed by atoms with E-state index >= 15 is 0 Å². The lowest BCUT2D eigenvalue weighted by atomic mass is 9.87. The Balaban J connectivity index is 1.97. The van der Waals surface area contributed by atoms with Crippen molar-refractivity contribution in [2.45, 2.75) is 40.0 Å². The van der Waals surface area contributed by atoms with Gasteiger partial charge in [0.05, 0.1) is 18.5 Å².